The van der Waals surface area contributed by atoms with E-state index in [1.165, 1.54) is 12.5 Å². The highest BCUT2D eigenvalue weighted by Crippen LogP contribution is 2.39. The Balaban J connectivity index is 1.62. The highest BCUT2D eigenvalue weighted by Gasteiger charge is 2.30. The molecule has 1 saturated carbocycles. The van der Waals surface area contributed by atoms with E-state index in [1.807, 2.05) is 6.92 Å². The largest absolute Gasteiger partial charge is 0.612 e. The topological polar surface area (TPSA) is 127 Å². The van der Waals surface area contributed by atoms with E-state index in [0.29, 0.717) is 18.5 Å². The highest BCUT2D eigenvalue weighted by molar-refractivity contribution is 7.90. The number of anilines is 1. The maximum atomic E-state index is 14.7. The maximum absolute atomic E-state index is 14.7. The molecule has 3 N–H and O–H groups in total. The minimum Gasteiger partial charge on any atom is -0.612 e. The van der Waals surface area contributed by atoms with Gasteiger partial charge in [0.1, 0.15) is 35.1 Å². The van der Waals surface area contributed by atoms with Crippen molar-refractivity contribution >= 4 is 28.9 Å². The van der Waals surface area contributed by atoms with E-state index in [0.717, 1.165) is 36.2 Å². The fraction of sp³-hybridized carbons (Fsp3) is 0.308. The van der Waals surface area contributed by atoms with Gasteiger partial charge in [-0.15, -0.1) is 0 Å². The van der Waals surface area contributed by atoms with Gasteiger partial charge in [0.25, 0.3) is 5.91 Å². The molecule has 2 aromatic heterocycles. The number of amides is 2. The Morgan fingerprint density at radius 3 is 2.45 bits per heavy atom. The molecule has 200 valence electrons. The van der Waals surface area contributed by atoms with Gasteiger partial charge in [-0.05, 0) is 66.0 Å². The molecule has 0 spiro atoms. The van der Waals surface area contributed by atoms with Crippen LogP contribution in [0.1, 0.15) is 48.2 Å². The summed E-state index contributed by atoms with van der Waals surface area (Å²) in [5.41, 5.74) is -0.650. The van der Waals surface area contributed by atoms with Crippen molar-refractivity contribution in [3.8, 4) is 11.3 Å². The normalized spacial score (nSPS) is 20.0. The summed E-state index contributed by atoms with van der Waals surface area (Å²) in [7, 11) is 0. The van der Waals surface area contributed by atoms with E-state index >= 15 is 0 Å². The number of hydrogen-bond donors (Lipinski definition) is 3. The molecule has 1 aliphatic rings. The molecule has 4 atom stereocenters. The zero-order valence-electron chi connectivity index (χ0n) is 20.5. The van der Waals surface area contributed by atoms with Gasteiger partial charge in [0.2, 0.25) is 0 Å². The Labute approximate surface area is 219 Å². The first-order valence-electron chi connectivity index (χ1n) is 11.8. The maximum Gasteiger partial charge on any atom is 0.404 e. The van der Waals surface area contributed by atoms with Crippen LogP contribution in [0.3, 0.4) is 0 Å². The molecule has 4 rings (SSSR count). The summed E-state index contributed by atoms with van der Waals surface area (Å²) in [4.78, 5) is 32.1. The van der Waals surface area contributed by atoms with E-state index in [4.69, 9.17) is 5.11 Å². The Bertz CT molecular complexity index is 1350. The third-order valence-electron chi connectivity index (χ3n) is 6.48. The van der Waals surface area contributed by atoms with E-state index in [2.05, 4.69) is 20.6 Å². The second-order valence-electron chi connectivity index (χ2n) is 9.32. The van der Waals surface area contributed by atoms with Crippen molar-refractivity contribution in [3.05, 3.63) is 71.4 Å². The number of pyridine rings is 2. The number of carboxylic acid groups (broad SMARTS) is 1. The van der Waals surface area contributed by atoms with Gasteiger partial charge in [-0.1, -0.05) is 6.92 Å². The molecule has 8 nitrogen and oxygen atoms in total. The molecule has 3 aromatic rings. The summed E-state index contributed by atoms with van der Waals surface area (Å²) in [5, 5.41) is 14.4. The van der Waals surface area contributed by atoms with E-state index in [9.17, 15) is 27.3 Å². The number of nitrogens with one attached hydrogen (secondary N) is 2. The number of nitrogens with zero attached hydrogens (tertiary/aromatic N) is 2. The van der Waals surface area contributed by atoms with Crippen LogP contribution in [0.25, 0.3) is 11.3 Å². The molecule has 38 heavy (non-hydrogen) atoms. The molecule has 2 heterocycles. The van der Waals surface area contributed by atoms with Gasteiger partial charge in [-0.3, -0.25) is 9.78 Å². The van der Waals surface area contributed by atoms with Crippen molar-refractivity contribution in [2.45, 2.75) is 43.0 Å². The van der Waals surface area contributed by atoms with Crippen LogP contribution in [0.2, 0.25) is 0 Å². The number of carbonyl (C=O) groups excluding carboxylic acids is 1. The second kappa shape index (κ2) is 11.4. The molecule has 1 aliphatic carbocycles. The number of rotatable bonds is 6. The van der Waals surface area contributed by atoms with Crippen molar-refractivity contribution in [3.63, 3.8) is 0 Å². The molecule has 0 bridgehead atoms. The fourth-order valence-electron chi connectivity index (χ4n) is 4.89. The summed E-state index contributed by atoms with van der Waals surface area (Å²) in [6.45, 7) is 2.02. The Kier molecular flexibility index (Phi) is 8.22. The van der Waals surface area contributed by atoms with Crippen molar-refractivity contribution in [1.82, 2.24) is 15.3 Å². The highest BCUT2D eigenvalue weighted by atomic mass is 32.2. The molecule has 12 heteroatoms. The van der Waals surface area contributed by atoms with Gasteiger partial charge >= 0.3 is 6.09 Å². The van der Waals surface area contributed by atoms with E-state index in [-0.39, 0.29) is 28.5 Å². The lowest BCUT2D eigenvalue weighted by Gasteiger charge is -2.34. The van der Waals surface area contributed by atoms with Crippen molar-refractivity contribution in [2.75, 3.05) is 11.6 Å². The average Bonchev–Trinajstić information content (AvgIpc) is 2.84. The monoisotopic (exact) mass is 546 g/mol. The molecule has 1 aromatic carbocycles. The number of carbonyl (C=O) groups is 2. The second-order valence-corrected chi connectivity index (χ2v) is 10.7. The molecule has 0 radical (unpaired) electrons. The van der Waals surface area contributed by atoms with Crippen LogP contribution in [0.15, 0.2) is 47.6 Å². The predicted octanol–water partition coefficient (Wildman–Crippen LogP) is 5.09. The Morgan fingerprint density at radius 1 is 1.08 bits per heavy atom. The third kappa shape index (κ3) is 6.08. The molecule has 0 aliphatic heterocycles. The van der Waals surface area contributed by atoms with Crippen LogP contribution in [0.5, 0.6) is 0 Å². The number of benzene rings is 1. The standard InChI is InChI=1S/C26H25F3N4O4S/c1-13-7-14(9-15(8-13)31-26(35)36)17-5-6-30-12-22(17)33-25(34)21-4-3-18(27)24(32-21)23-19(28)10-16(38(2)37)11-20(23)29/h3-6,10-15,31H,7-9H2,1-2H3,(H,33,34)(H,35,36)/t13-,14+,15?,38+/m0/s1. The number of aromatic nitrogens is 2. The molecule has 1 unspecified atom stereocenters. The van der Waals surface area contributed by atoms with Crippen LogP contribution >= 0.6 is 0 Å². The molecular weight excluding hydrogens is 521 g/mol. The minimum atomic E-state index is -1.66. The van der Waals surface area contributed by atoms with Gasteiger partial charge in [0, 0.05) is 24.4 Å². The van der Waals surface area contributed by atoms with Crippen LogP contribution < -0.4 is 10.6 Å². The summed E-state index contributed by atoms with van der Waals surface area (Å²) in [5.74, 6) is -3.97. The first-order chi connectivity index (χ1) is 18.0. The van der Waals surface area contributed by atoms with Crippen LogP contribution in [0, 0.1) is 23.4 Å². The van der Waals surface area contributed by atoms with Crippen molar-refractivity contribution < 1.29 is 32.4 Å². The molecular formula is C26H25F3N4O4S. The zero-order chi connectivity index (χ0) is 27.6. The lowest BCUT2D eigenvalue weighted by atomic mass is 9.76. The van der Waals surface area contributed by atoms with Crippen LogP contribution in [-0.2, 0) is 11.2 Å². The van der Waals surface area contributed by atoms with Crippen molar-refractivity contribution in [2.24, 2.45) is 5.92 Å². The lowest BCUT2D eigenvalue weighted by Crippen LogP contribution is -2.39. The Morgan fingerprint density at radius 2 is 1.79 bits per heavy atom. The molecule has 1 fully saturated rings. The van der Waals surface area contributed by atoms with Gasteiger partial charge in [0.05, 0.1) is 17.4 Å². The smallest absolute Gasteiger partial charge is 0.404 e. The number of halogens is 3. The molecule has 2 amide bonds. The van der Waals surface area contributed by atoms with E-state index in [1.54, 1.807) is 12.3 Å². The summed E-state index contributed by atoms with van der Waals surface area (Å²) < 4.78 is 55.6. The number of hydrogen-bond acceptors (Lipinski definition) is 5. The molecule has 0 saturated heterocycles. The first-order valence-corrected chi connectivity index (χ1v) is 13.3. The lowest BCUT2D eigenvalue weighted by molar-refractivity contribution is 0.102. The minimum absolute atomic E-state index is 0.0727. The van der Waals surface area contributed by atoms with Gasteiger partial charge in [-0.25, -0.2) is 22.9 Å². The quantitative estimate of drug-likeness (QED) is 0.370. The Hall–Kier alpha value is -3.64. The third-order valence-corrected chi connectivity index (χ3v) is 7.38. The van der Waals surface area contributed by atoms with Gasteiger partial charge in [0.15, 0.2) is 4.90 Å². The summed E-state index contributed by atoms with van der Waals surface area (Å²) >= 11 is -1.66. The summed E-state index contributed by atoms with van der Waals surface area (Å²) in [6.07, 6.45) is 5.15. The van der Waals surface area contributed by atoms with E-state index < -0.39 is 51.9 Å². The summed E-state index contributed by atoms with van der Waals surface area (Å²) in [6, 6.07) is 5.14. The average molecular weight is 547 g/mol. The zero-order valence-corrected chi connectivity index (χ0v) is 21.3. The van der Waals surface area contributed by atoms with Crippen molar-refractivity contribution in [1.29, 1.82) is 0 Å². The van der Waals surface area contributed by atoms with Gasteiger partial charge in [-0.2, -0.15) is 0 Å². The van der Waals surface area contributed by atoms with Crippen LogP contribution in [-0.4, -0.2) is 43.9 Å². The predicted molar refractivity (Wildman–Crippen MR) is 135 cm³/mol. The SMILES string of the molecule is C[C@@H]1CC(NC(=O)O)C[C@H](c2ccncc2NC(=O)c2ccc(F)c(-c3c(F)cc([S@@+](C)[O-])cc3F)n2)C1. The first kappa shape index (κ1) is 27.4. The van der Waals surface area contributed by atoms with Gasteiger partial charge < -0.3 is 20.3 Å². The fourth-order valence-corrected chi connectivity index (χ4v) is 5.43. The van der Waals surface area contributed by atoms with Crippen LogP contribution in [0.4, 0.5) is 23.7 Å².